The Kier molecular flexibility index (Phi) is 5.22. The summed E-state index contributed by atoms with van der Waals surface area (Å²) >= 11 is 5.92. The summed E-state index contributed by atoms with van der Waals surface area (Å²) in [6.07, 6.45) is 3.33. The normalized spacial score (nSPS) is 12.6. The van der Waals surface area contributed by atoms with Gasteiger partial charge in [-0.3, -0.25) is 0 Å². The molecule has 2 nitrogen and oxygen atoms in total. The van der Waals surface area contributed by atoms with Crippen molar-refractivity contribution in [3.05, 3.63) is 70.8 Å². The van der Waals surface area contributed by atoms with Crippen LogP contribution in [0, 0.1) is 0 Å². The lowest BCUT2D eigenvalue weighted by Crippen LogP contribution is -2.00. The number of hydrogen-bond donors (Lipinski definition) is 1. The highest BCUT2D eigenvalue weighted by Gasteiger charge is 2.09. The van der Waals surface area contributed by atoms with Crippen LogP contribution in [0.15, 0.2) is 54.6 Å². The molecule has 0 spiro atoms. The summed E-state index contributed by atoms with van der Waals surface area (Å²) in [6.45, 7) is 2.13. The second-order valence-electron chi connectivity index (χ2n) is 4.48. The lowest BCUT2D eigenvalue weighted by Gasteiger charge is -2.12. The van der Waals surface area contributed by atoms with Crippen molar-refractivity contribution in [2.45, 2.75) is 13.0 Å². The zero-order valence-electron chi connectivity index (χ0n) is 11.3. The molecule has 104 valence electrons. The molecule has 0 unspecified atom stereocenters. The average molecular weight is 289 g/mol. The van der Waals surface area contributed by atoms with E-state index in [9.17, 15) is 5.11 Å². The minimum Gasteiger partial charge on any atom is -0.489 e. The zero-order valence-corrected chi connectivity index (χ0v) is 12.0. The van der Waals surface area contributed by atoms with Gasteiger partial charge in [0, 0.05) is 10.6 Å². The molecule has 2 aromatic carbocycles. The summed E-state index contributed by atoms with van der Waals surface area (Å²) in [4.78, 5) is 0. The first-order valence-corrected chi connectivity index (χ1v) is 6.86. The number of rotatable bonds is 5. The highest BCUT2D eigenvalue weighted by molar-refractivity contribution is 6.30. The van der Waals surface area contributed by atoms with E-state index < -0.39 is 6.10 Å². The van der Waals surface area contributed by atoms with Crippen molar-refractivity contribution in [1.29, 1.82) is 0 Å². The van der Waals surface area contributed by atoms with Crippen molar-refractivity contribution in [3.63, 3.8) is 0 Å². The number of aliphatic hydroxyl groups excluding tert-OH is 1. The Morgan fingerprint density at radius 2 is 1.95 bits per heavy atom. The van der Waals surface area contributed by atoms with Crippen molar-refractivity contribution in [2.75, 3.05) is 6.61 Å². The third-order valence-electron chi connectivity index (χ3n) is 2.87. The third kappa shape index (κ3) is 4.12. The van der Waals surface area contributed by atoms with Crippen molar-refractivity contribution in [3.8, 4) is 5.75 Å². The predicted octanol–water partition coefficient (Wildman–Crippen LogP) is 4.49. The predicted molar refractivity (Wildman–Crippen MR) is 83.1 cm³/mol. The number of ether oxygens (including phenoxy) is 1. The first-order chi connectivity index (χ1) is 9.66. The smallest absolute Gasteiger partial charge is 0.125 e. The molecule has 1 N–H and O–H groups in total. The quantitative estimate of drug-likeness (QED) is 0.878. The lowest BCUT2D eigenvalue weighted by atomic mass is 10.1. The van der Waals surface area contributed by atoms with Crippen LogP contribution in [0.4, 0.5) is 0 Å². The molecule has 20 heavy (non-hydrogen) atoms. The summed E-state index contributed by atoms with van der Waals surface area (Å²) in [6, 6.07) is 15.3. The Morgan fingerprint density at radius 3 is 2.65 bits per heavy atom. The second-order valence-corrected chi connectivity index (χ2v) is 4.92. The molecule has 0 radical (unpaired) electrons. The van der Waals surface area contributed by atoms with Crippen LogP contribution in [-0.4, -0.2) is 11.7 Å². The van der Waals surface area contributed by atoms with Gasteiger partial charge in [-0.25, -0.2) is 0 Å². The molecule has 0 saturated carbocycles. The Hall–Kier alpha value is -1.77. The van der Waals surface area contributed by atoms with Crippen LogP contribution in [0.5, 0.6) is 5.75 Å². The van der Waals surface area contributed by atoms with Gasteiger partial charge in [-0.2, -0.15) is 0 Å². The van der Waals surface area contributed by atoms with Crippen LogP contribution in [0.2, 0.25) is 5.02 Å². The van der Waals surface area contributed by atoms with Gasteiger partial charge in [-0.05, 0) is 36.8 Å². The van der Waals surface area contributed by atoms with E-state index in [0.717, 1.165) is 5.56 Å². The van der Waals surface area contributed by atoms with Crippen molar-refractivity contribution in [1.82, 2.24) is 0 Å². The maximum Gasteiger partial charge on any atom is 0.125 e. The van der Waals surface area contributed by atoms with Crippen LogP contribution in [0.1, 0.15) is 24.2 Å². The molecule has 0 bridgehead atoms. The Balaban J connectivity index is 1.99. The van der Waals surface area contributed by atoms with Gasteiger partial charge in [0.1, 0.15) is 12.4 Å². The standard InChI is InChI=1S/C17H17ClO2/c1-13(19)16-12-15(18)9-10-17(16)20-11-5-8-14-6-3-2-4-7-14/h2-10,12-13,19H,11H2,1H3/t13-/m0/s1. The average Bonchev–Trinajstić information content (AvgIpc) is 2.45. The highest BCUT2D eigenvalue weighted by atomic mass is 35.5. The van der Waals surface area contributed by atoms with E-state index in [1.165, 1.54) is 0 Å². The largest absolute Gasteiger partial charge is 0.489 e. The van der Waals surface area contributed by atoms with Crippen molar-refractivity contribution in [2.24, 2.45) is 0 Å². The number of hydrogen-bond acceptors (Lipinski definition) is 2. The van der Waals surface area contributed by atoms with E-state index in [1.54, 1.807) is 25.1 Å². The van der Waals surface area contributed by atoms with E-state index in [-0.39, 0.29) is 0 Å². The molecule has 1 atom stereocenters. The van der Waals surface area contributed by atoms with Crippen LogP contribution in [0.25, 0.3) is 6.08 Å². The zero-order chi connectivity index (χ0) is 14.4. The molecule has 2 rings (SSSR count). The van der Waals surface area contributed by atoms with Gasteiger partial charge in [0.05, 0.1) is 6.10 Å². The minimum atomic E-state index is -0.609. The van der Waals surface area contributed by atoms with Crippen molar-refractivity contribution >= 4 is 17.7 Å². The van der Waals surface area contributed by atoms with Gasteiger partial charge in [0.25, 0.3) is 0 Å². The summed E-state index contributed by atoms with van der Waals surface area (Å²) in [5, 5.41) is 10.3. The fourth-order valence-corrected chi connectivity index (χ4v) is 2.04. The molecule has 0 fully saturated rings. The topological polar surface area (TPSA) is 29.5 Å². The Morgan fingerprint density at radius 1 is 1.20 bits per heavy atom. The van der Waals surface area contributed by atoms with Gasteiger partial charge in [0.15, 0.2) is 0 Å². The van der Waals surface area contributed by atoms with E-state index in [1.807, 2.05) is 42.5 Å². The molecule has 0 aliphatic heterocycles. The number of aliphatic hydroxyl groups is 1. The molecule has 0 aliphatic carbocycles. The minimum absolute atomic E-state index is 0.441. The molecular weight excluding hydrogens is 272 g/mol. The van der Waals surface area contributed by atoms with Gasteiger partial charge in [-0.1, -0.05) is 48.0 Å². The number of halogens is 1. The van der Waals surface area contributed by atoms with E-state index in [0.29, 0.717) is 22.9 Å². The molecule has 0 amide bonds. The van der Waals surface area contributed by atoms with Gasteiger partial charge >= 0.3 is 0 Å². The molecule has 2 aromatic rings. The van der Waals surface area contributed by atoms with Gasteiger partial charge in [-0.15, -0.1) is 0 Å². The first-order valence-electron chi connectivity index (χ1n) is 6.48. The number of benzene rings is 2. The first kappa shape index (κ1) is 14.6. The second kappa shape index (κ2) is 7.13. The van der Waals surface area contributed by atoms with Gasteiger partial charge in [0.2, 0.25) is 0 Å². The van der Waals surface area contributed by atoms with E-state index in [4.69, 9.17) is 16.3 Å². The summed E-state index contributed by atoms with van der Waals surface area (Å²) in [5.41, 5.74) is 1.83. The van der Waals surface area contributed by atoms with Crippen LogP contribution < -0.4 is 4.74 Å². The van der Waals surface area contributed by atoms with Crippen LogP contribution in [0.3, 0.4) is 0 Å². The molecular formula is C17H17ClO2. The molecule has 0 saturated heterocycles. The molecule has 0 aliphatic rings. The maximum absolute atomic E-state index is 9.71. The third-order valence-corrected chi connectivity index (χ3v) is 3.10. The van der Waals surface area contributed by atoms with E-state index >= 15 is 0 Å². The Bertz CT molecular complexity index is 577. The molecule has 0 aromatic heterocycles. The fraction of sp³-hybridized carbons (Fsp3) is 0.176. The van der Waals surface area contributed by atoms with Crippen molar-refractivity contribution < 1.29 is 9.84 Å². The molecule has 0 heterocycles. The monoisotopic (exact) mass is 288 g/mol. The SMILES string of the molecule is C[C@H](O)c1cc(Cl)ccc1OCC=Cc1ccccc1. The van der Waals surface area contributed by atoms with Crippen LogP contribution in [-0.2, 0) is 0 Å². The maximum atomic E-state index is 9.71. The summed E-state index contributed by atoms with van der Waals surface area (Å²) in [5.74, 6) is 0.655. The Labute approximate surface area is 124 Å². The van der Waals surface area contributed by atoms with Crippen LogP contribution >= 0.6 is 11.6 Å². The lowest BCUT2D eigenvalue weighted by molar-refractivity contribution is 0.193. The fourth-order valence-electron chi connectivity index (χ4n) is 1.86. The highest BCUT2D eigenvalue weighted by Crippen LogP contribution is 2.28. The summed E-state index contributed by atoms with van der Waals surface area (Å²) < 4.78 is 5.67. The molecule has 3 heteroatoms. The van der Waals surface area contributed by atoms with Gasteiger partial charge < -0.3 is 9.84 Å². The summed E-state index contributed by atoms with van der Waals surface area (Å²) in [7, 11) is 0. The van der Waals surface area contributed by atoms with E-state index in [2.05, 4.69) is 0 Å².